The van der Waals surface area contributed by atoms with Crippen LogP contribution in [0.15, 0.2) is 140 Å². The molecule has 0 aliphatic heterocycles. The van der Waals surface area contributed by atoms with Crippen molar-refractivity contribution < 1.29 is 26.2 Å². The van der Waals surface area contributed by atoms with Crippen molar-refractivity contribution in [1.29, 1.82) is 0 Å². The summed E-state index contributed by atoms with van der Waals surface area (Å²) in [7, 11) is 0. The van der Waals surface area contributed by atoms with E-state index in [9.17, 15) is 5.11 Å². The van der Waals surface area contributed by atoms with E-state index in [2.05, 4.69) is 142 Å². The first-order valence-electron chi connectivity index (χ1n) is 19.0. The van der Waals surface area contributed by atoms with E-state index in [0.29, 0.717) is 5.56 Å². The van der Waals surface area contributed by atoms with Gasteiger partial charge in [0.25, 0.3) is 0 Å². The Morgan fingerprint density at radius 1 is 0.579 bits per heavy atom. The van der Waals surface area contributed by atoms with E-state index in [4.69, 9.17) is 15.0 Å². The van der Waals surface area contributed by atoms with Crippen molar-refractivity contribution in [3.8, 4) is 56.2 Å². The number of fused-ring (bicyclic) bond motifs is 3. The third-order valence-corrected chi connectivity index (χ3v) is 10.7. The van der Waals surface area contributed by atoms with Crippen molar-refractivity contribution in [2.75, 3.05) is 0 Å². The summed E-state index contributed by atoms with van der Waals surface area (Å²) in [5.41, 5.74) is 13.8. The molecule has 6 nitrogen and oxygen atoms in total. The average molecular weight is 924 g/mol. The predicted octanol–water partition coefficient (Wildman–Crippen LogP) is 12.3. The Labute approximate surface area is 347 Å². The molecule has 0 spiro atoms. The van der Waals surface area contributed by atoms with Crippen molar-refractivity contribution in [3.63, 3.8) is 0 Å². The van der Waals surface area contributed by atoms with Crippen LogP contribution in [0.2, 0.25) is 0 Å². The molecule has 7 heteroatoms. The molecule has 6 aromatic carbocycles. The summed E-state index contributed by atoms with van der Waals surface area (Å²) in [6.45, 7) is 13.4. The fourth-order valence-electron chi connectivity index (χ4n) is 7.66. The van der Waals surface area contributed by atoms with Crippen molar-refractivity contribution >= 4 is 33.0 Å². The second-order valence-corrected chi connectivity index (χ2v) is 16.5. The number of pyridine rings is 1. The Kier molecular flexibility index (Phi) is 9.66. The van der Waals surface area contributed by atoms with E-state index in [1.54, 1.807) is 12.4 Å². The van der Waals surface area contributed by atoms with Gasteiger partial charge in [0.2, 0.25) is 0 Å². The van der Waals surface area contributed by atoms with Gasteiger partial charge >= 0.3 is 0 Å². The monoisotopic (exact) mass is 923 g/mol. The SMILES string of the molecule is CC(C)(C)c1ccc(-n2c(-c3[c-]c(-c4cc(C(C)(C)C)cc5nccnc45)ccc3)nc3c(-c4c(O)cnc5ccccc45)cccc32)c(-c2ccccc2)c1.[Pt]. The van der Waals surface area contributed by atoms with Gasteiger partial charge in [0.15, 0.2) is 0 Å². The van der Waals surface area contributed by atoms with Gasteiger partial charge in [-0.1, -0.05) is 125 Å². The molecule has 9 aromatic rings. The molecule has 57 heavy (non-hydrogen) atoms. The maximum Gasteiger partial charge on any atom is 0.142 e. The van der Waals surface area contributed by atoms with Crippen molar-refractivity contribution in [1.82, 2.24) is 24.5 Å². The molecule has 1 N–H and O–H groups in total. The Hall–Kier alpha value is -5.97. The van der Waals surface area contributed by atoms with Gasteiger partial charge < -0.3 is 9.67 Å². The largest absolute Gasteiger partial charge is 0.506 e. The van der Waals surface area contributed by atoms with Crippen LogP contribution in [0.25, 0.3) is 83.4 Å². The summed E-state index contributed by atoms with van der Waals surface area (Å²) in [5, 5.41) is 12.3. The summed E-state index contributed by atoms with van der Waals surface area (Å²) in [6.07, 6.45) is 5.03. The first-order chi connectivity index (χ1) is 27.0. The molecule has 0 unspecified atom stereocenters. The second-order valence-electron chi connectivity index (χ2n) is 16.5. The molecular weight excluding hydrogens is 882 g/mol. The number of aromatic hydroxyl groups is 1. The number of imidazole rings is 1. The molecule has 0 bridgehead atoms. The maximum atomic E-state index is 11.4. The van der Waals surface area contributed by atoms with E-state index in [0.717, 1.165) is 77.9 Å². The number of nitrogens with zero attached hydrogens (tertiary/aromatic N) is 5. The van der Waals surface area contributed by atoms with E-state index >= 15 is 0 Å². The number of hydrogen-bond donors (Lipinski definition) is 1. The zero-order chi connectivity index (χ0) is 38.8. The van der Waals surface area contributed by atoms with Crippen LogP contribution in [-0.2, 0) is 31.9 Å². The molecule has 3 heterocycles. The normalized spacial score (nSPS) is 12.0. The van der Waals surface area contributed by atoms with Crippen LogP contribution in [0.3, 0.4) is 0 Å². The van der Waals surface area contributed by atoms with Crippen LogP contribution >= 0.6 is 0 Å². The van der Waals surface area contributed by atoms with Gasteiger partial charge in [-0.05, 0) is 57.9 Å². The quantitative estimate of drug-likeness (QED) is 0.174. The molecule has 0 saturated carbocycles. The third-order valence-electron chi connectivity index (χ3n) is 10.7. The molecule has 0 fully saturated rings. The first-order valence-corrected chi connectivity index (χ1v) is 19.0. The average Bonchev–Trinajstić information content (AvgIpc) is 3.60. The molecule has 3 aromatic heterocycles. The molecule has 0 atom stereocenters. The fraction of sp³-hybridized carbons (Fsp3) is 0.160. The predicted molar refractivity (Wildman–Crippen MR) is 229 cm³/mol. The summed E-state index contributed by atoms with van der Waals surface area (Å²) in [6, 6.07) is 45.8. The van der Waals surface area contributed by atoms with Crippen molar-refractivity contribution in [2.24, 2.45) is 0 Å². The van der Waals surface area contributed by atoms with Gasteiger partial charge in [-0.25, -0.2) is 0 Å². The summed E-state index contributed by atoms with van der Waals surface area (Å²) in [4.78, 5) is 19.6. The molecule has 0 aliphatic rings. The van der Waals surface area contributed by atoms with E-state index in [1.807, 2.05) is 36.4 Å². The van der Waals surface area contributed by atoms with E-state index < -0.39 is 0 Å². The minimum absolute atomic E-state index is 0. The number of benzene rings is 6. The Bertz CT molecular complexity index is 2960. The van der Waals surface area contributed by atoms with Gasteiger partial charge in [-0.15, -0.1) is 29.8 Å². The molecule has 0 aliphatic carbocycles. The minimum atomic E-state index is -0.0990. The molecular formula is C50H42N5OPt-. The minimum Gasteiger partial charge on any atom is -0.506 e. The van der Waals surface area contributed by atoms with Crippen LogP contribution in [0.1, 0.15) is 52.7 Å². The zero-order valence-corrected chi connectivity index (χ0v) is 35.1. The Balaban J connectivity index is 0.00000455. The molecule has 0 amide bonds. The van der Waals surface area contributed by atoms with Gasteiger partial charge in [0, 0.05) is 61.2 Å². The van der Waals surface area contributed by atoms with Crippen LogP contribution in [-0.4, -0.2) is 29.6 Å². The van der Waals surface area contributed by atoms with Crippen LogP contribution in [0.4, 0.5) is 0 Å². The van der Waals surface area contributed by atoms with Crippen LogP contribution in [0, 0.1) is 6.07 Å². The third kappa shape index (κ3) is 6.83. The second kappa shape index (κ2) is 14.5. The van der Waals surface area contributed by atoms with Gasteiger partial charge in [0.05, 0.1) is 39.6 Å². The van der Waals surface area contributed by atoms with Crippen molar-refractivity contribution in [3.05, 3.63) is 157 Å². The van der Waals surface area contributed by atoms with Crippen LogP contribution in [0.5, 0.6) is 5.75 Å². The molecule has 9 rings (SSSR count). The van der Waals surface area contributed by atoms with Crippen molar-refractivity contribution in [2.45, 2.75) is 52.4 Å². The number of rotatable bonds is 5. The van der Waals surface area contributed by atoms with E-state index in [1.165, 1.54) is 17.3 Å². The standard InChI is InChI=1S/C50H42N5O.Pt/c1-49(2,3)34-22-23-42(38(27-34)31-14-8-7-9-15-31)55-43-21-13-19-37(45-36-18-10-11-20-40(36)53-30-44(45)56)47(43)54-48(55)33-17-12-16-32(26-33)39-28-35(50(4,5)6)29-41-46(39)52-25-24-51-41;/h7-25,27-30,56H,1-6H3;/q-1;. The molecule has 284 valence electrons. The summed E-state index contributed by atoms with van der Waals surface area (Å²) >= 11 is 0. The van der Waals surface area contributed by atoms with Gasteiger partial charge in [-0.2, -0.15) is 0 Å². The summed E-state index contributed by atoms with van der Waals surface area (Å²) < 4.78 is 2.26. The smallest absolute Gasteiger partial charge is 0.142 e. The topological polar surface area (TPSA) is 76.7 Å². The Morgan fingerprint density at radius 2 is 1.28 bits per heavy atom. The molecule has 0 radical (unpaired) electrons. The number of hydrogen-bond acceptors (Lipinski definition) is 5. The van der Waals surface area contributed by atoms with Gasteiger partial charge in [-0.3, -0.25) is 19.9 Å². The zero-order valence-electron chi connectivity index (χ0n) is 32.8. The molecule has 0 saturated heterocycles. The van der Waals surface area contributed by atoms with E-state index in [-0.39, 0.29) is 37.6 Å². The number of aromatic nitrogens is 5. The van der Waals surface area contributed by atoms with Gasteiger partial charge in [0.1, 0.15) is 5.75 Å². The number of para-hydroxylation sites is 2. The fourth-order valence-corrected chi connectivity index (χ4v) is 7.66. The Morgan fingerprint density at radius 3 is 2.07 bits per heavy atom. The van der Waals surface area contributed by atoms with Crippen LogP contribution < -0.4 is 0 Å². The summed E-state index contributed by atoms with van der Waals surface area (Å²) in [5.74, 6) is 0.835. The first kappa shape index (κ1) is 37.9. The maximum absolute atomic E-state index is 11.4.